The van der Waals surface area contributed by atoms with Crippen molar-refractivity contribution in [1.29, 1.82) is 0 Å². The number of aromatic nitrogens is 4. The maximum absolute atomic E-state index is 6.20. The summed E-state index contributed by atoms with van der Waals surface area (Å²) in [7, 11) is 0. The quantitative estimate of drug-likeness (QED) is 0.670. The van der Waals surface area contributed by atoms with Gasteiger partial charge in [0.15, 0.2) is 11.5 Å². The number of hydrogen-bond donors (Lipinski definition) is 3. The number of fused-ring (bicyclic) bond motifs is 1. The molecule has 124 valence electrons. The highest BCUT2D eigenvalue weighted by Gasteiger charge is 2.22. The second-order valence-electron chi connectivity index (χ2n) is 6.00. The van der Waals surface area contributed by atoms with Crippen molar-refractivity contribution in [3.8, 4) is 0 Å². The molecule has 1 aliphatic rings. The first-order chi connectivity index (χ1) is 11.8. The standard InChI is InChI=1S/C16H19N7S/c17-11-5-1-2-6-12(11)20-13-8-18-9-14(21-13)22-16-10-4-3-7-19-15(10)23-24-16/h3-4,7-9,11-12H,1-2,5-6,17H2,(H2,20,21,22)/t11-,12+/m0/s1. The van der Waals surface area contributed by atoms with Crippen molar-refractivity contribution < 1.29 is 0 Å². The van der Waals surface area contributed by atoms with Gasteiger partial charge >= 0.3 is 0 Å². The van der Waals surface area contributed by atoms with Crippen LogP contribution in [0.2, 0.25) is 0 Å². The molecule has 4 N–H and O–H groups in total. The Morgan fingerprint density at radius 3 is 2.96 bits per heavy atom. The summed E-state index contributed by atoms with van der Waals surface area (Å²) in [5, 5.41) is 8.61. The summed E-state index contributed by atoms with van der Waals surface area (Å²) in [6.45, 7) is 0. The van der Waals surface area contributed by atoms with Crippen molar-refractivity contribution in [3.05, 3.63) is 30.7 Å². The van der Waals surface area contributed by atoms with Crippen LogP contribution in [0.3, 0.4) is 0 Å². The van der Waals surface area contributed by atoms with E-state index in [1.54, 1.807) is 18.6 Å². The van der Waals surface area contributed by atoms with Gasteiger partial charge in [-0.15, -0.1) is 0 Å². The fourth-order valence-corrected chi connectivity index (χ4v) is 3.75. The van der Waals surface area contributed by atoms with E-state index in [-0.39, 0.29) is 12.1 Å². The van der Waals surface area contributed by atoms with Crippen LogP contribution in [0.15, 0.2) is 30.7 Å². The lowest BCUT2D eigenvalue weighted by molar-refractivity contribution is 0.403. The zero-order valence-electron chi connectivity index (χ0n) is 13.1. The summed E-state index contributed by atoms with van der Waals surface area (Å²) in [6.07, 6.45) is 9.72. The van der Waals surface area contributed by atoms with E-state index in [2.05, 4.69) is 30.0 Å². The summed E-state index contributed by atoms with van der Waals surface area (Å²) in [5.41, 5.74) is 6.93. The van der Waals surface area contributed by atoms with E-state index in [9.17, 15) is 0 Å². The predicted octanol–water partition coefficient (Wildman–Crippen LogP) is 2.91. The Balaban J connectivity index is 1.52. The molecule has 3 aromatic heterocycles. The molecule has 4 rings (SSSR count). The Hall–Kier alpha value is -2.32. The lowest BCUT2D eigenvalue weighted by Gasteiger charge is -2.29. The van der Waals surface area contributed by atoms with Crippen LogP contribution >= 0.6 is 11.5 Å². The van der Waals surface area contributed by atoms with Crippen molar-refractivity contribution in [3.63, 3.8) is 0 Å². The molecule has 0 aromatic carbocycles. The second-order valence-corrected chi connectivity index (χ2v) is 6.77. The Labute approximate surface area is 143 Å². The molecule has 0 unspecified atom stereocenters. The van der Waals surface area contributed by atoms with Gasteiger partial charge in [-0.25, -0.2) is 9.97 Å². The van der Waals surface area contributed by atoms with Gasteiger partial charge < -0.3 is 16.4 Å². The first kappa shape index (κ1) is 15.2. The minimum atomic E-state index is 0.175. The molecule has 8 heteroatoms. The molecule has 0 aliphatic heterocycles. The number of nitrogens with two attached hydrogens (primary N) is 1. The van der Waals surface area contributed by atoms with Crippen molar-refractivity contribution >= 4 is 39.2 Å². The van der Waals surface area contributed by atoms with E-state index in [1.165, 1.54) is 24.4 Å². The third kappa shape index (κ3) is 3.15. The van der Waals surface area contributed by atoms with Crippen LogP contribution in [-0.4, -0.2) is 31.4 Å². The molecular formula is C16H19N7S. The Kier molecular flexibility index (Phi) is 4.22. The van der Waals surface area contributed by atoms with Gasteiger partial charge in [-0.05, 0) is 36.5 Å². The van der Waals surface area contributed by atoms with Gasteiger partial charge in [0, 0.05) is 18.3 Å². The first-order valence-corrected chi connectivity index (χ1v) is 8.88. The molecule has 0 spiro atoms. The molecule has 2 atom stereocenters. The molecule has 3 aromatic rings. The zero-order chi connectivity index (χ0) is 16.4. The summed E-state index contributed by atoms with van der Waals surface area (Å²) in [4.78, 5) is 13.1. The Bertz CT molecular complexity index is 834. The first-order valence-electron chi connectivity index (χ1n) is 8.11. The second kappa shape index (κ2) is 6.66. The topological polar surface area (TPSA) is 102 Å². The van der Waals surface area contributed by atoms with Crippen LogP contribution in [0.4, 0.5) is 16.6 Å². The van der Waals surface area contributed by atoms with Crippen LogP contribution in [0, 0.1) is 0 Å². The molecule has 0 amide bonds. The van der Waals surface area contributed by atoms with Gasteiger partial charge in [-0.3, -0.25) is 4.98 Å². The molecule has 1 fully saturated rings. The molecule has 1 saturated carbocycles. The number of hydrogen-bond acceptors (Lipinski definition) is 8. The largest absolute Gasteiger partial charge is 0.364 e. The fraction of sp³-hybridized carbons (Fsp3) is 0.375. The number of anilines is 3. The highest BCUT2D eigenvalue weighted by molar-refractivity contribution is 7.11. The maximum atomic E-state index is 6.20. The number of pyridine rings is 1. The van der Waals surface area contributed by atoms with Gasteiger partial charge in [0.2, 0.25) is 0 Å². The van der Waals surface area contributed by atoms with Gasteiger partial charge in [-0.2, -0.15) is 4.37 Å². The van der Waals surface area contributed by atoms with Crippen molar-refractivity contribution in [2.24, 2.45) is 5.73 Å². The van der Waals surface area contributed by atoms with Gasteiger partial charge in [0.1, 0.15) is 10.8 Å². The third-order valence-corrected chi connectivity index (χ3v) is 5.05. The van der Waals surface area contributed by atoms with Gasteiger partial charge in [0.25, 0.3) is 0 Å². The summed E-state index contributed by atoms with van der Waals surface area (Å²) >= 11 is 1.37. The SMILES string of the molecule is N[C@H]1CCCC[C@H]1Nc1cncc(Nc2snc3ncccc23)n1. The summed E-state index contributed by atoms with van der Waals surface area (Å²) in [5.74, 6) is 1.42. The van der Waals surface area contributed by atoms with E-state index in [4.69, 9.17) is 5.73 Å². The van der Waals surface area contributed by atoms with Crippen molar-refractivity contribution in [2.45, 2.75) is 37.8 Å². The lowest BCUT2D eigenvalue weighted by atomic mass is 9.91. The van der Waals surface area contributed by atoms with E-state index in [1.807, 2.05) is 12.1 Å². The fourth-order valence-electron chi connectivity index (χ4n) is 3.02. The molecule has 0 bridgehead atoms. The predicted molar refractivity (Wildman–Crippen MR) is 96.6 cm³/mol. The van der Waals surface area contributed by atoms with Crippen LogP contribution < -0.4 is 16.4 Å². The van der Waals surface area contributed by atoms with Crippen molar-refractivity contribution in [2.75, 3.05) is 10.6 Å². The van der Waals surface area contributed by atoms with E-state index in [0.29, 0.717) is 5.82 Å². The minimum Gasteiger partial charge on any atom is -0.364 e. The number of rotatable bonds is 4. The molecule has 3 heterocycles. The minimum absolute atomic E-state index is 0.175. The van der Waals surface area contributed by atoms with Gasteiger partial charge in [-0.1, -0.05) is 12.8 Å². The van der Waals surface area contributed by atoms with Crippen LogP contribution in [0.5, 0.6) is 0 Å². The Morgan fingerprint density at radius 1 is 1.17 bits per heavy atom. The van der Waals surface area contributed by atoms with E-state index in [0.717, 1.165) is 34.7 Å². The molecule has 24 heavy (non-hydrogen) atoms. The summed E-state index contributed by atoms with van der Waals surface area (Å²) < 4.78 is 4.33. The molecular weight excluding hydrogens is 322 g/mol. The molecule has 0 saturated heterocycles. The van der Waals surface area contributed by atoms with Crippen LogP contribution in [-0.2, 0) is 0 Å². The lowest BCUT2D eigenvalue weighted by Crippen LogP contribution is -2.42. The van der Waals surface area contributed by atoms with Crippen molar-refractivity contribution in [1.82, 2.24) is 19.3 Å². The molecule has 0 radical (unpaired) electrons. The number of nitrogens with one attached hydrogen (secondary N) is 2. The summed E-state index contributed by atoms with van der Waals surface area (Å²) in [6, 6.07) is 4.33. The monoisotopic (exact) mass is 341 g/mol. The molecule has 1 aliphatic carbocycles. The Morgan fingerprint density at radius 2 is 2.04 bits per heavy atom. The smallest absolute Gasteiger partial charge is 0.174 e. The van der Waals surface area contributed by atoms with E-state index < -0.39 is 0 Å². The zero-order valence-corrected chi connectivity index (χ0v) is 14.0. The normalized spacial score (nSPS) is 20.9. The molecule has 7 nitrogen and oxygen atoms in total. The van der Waals surface area contributed by atoms with Crippen LogP contribution in [0.25, 0.3) is 11.0 Å². The third-order valence-electron chi connectivity index (χ3n) is 4.28. The highest BCUT2D eigenvalue weighted by atomic mass is 32.1. The van der Waals surface area contributed by atoms with Crippen LogP contribution in [0.1, 0.15) is 25.7 Å². The van der Waals surface area contributed by atoms with Gasteiger partial charge in [0.05, 0.1) is 17.8 Å². The number of nitrogens with zero attached hydrogens (tertiary/aromatic N) is 4. The highest BCUT2D eigenvalue weighted by Crippen LogP contribution is 2.28. The van der Waals surface area contributed by atoms with E-state index >= 15 is 0 Å². The maximum Gasteiger partial charge on any atom is 0.174 e. The average molecular weight is 341 g/mol. The average Bonchev–Trinajstić information content (AvgIpc) is 3.01.